The van der Waals surface area contributed by atoms with Gasteiger partial charge in [0, 0.05) is 0 Å². The monoisotopic (exact) mass is 270 g/mol. The number of rotatable bonds is 6. The molecule has 2 rings (SSSR count). The summed E-state index contributed by atoms with van der Waals surface area (Å²) in [5.41, 5.74) is 1.21. The van der Waals surface area contributed by atoms with Gasteiger partial charge in [0.05, 0.1) is 0 Å². The number of benzene rings is 2. The molecule has 0 bridgehead atoms. The Morgan fingerprint density at radius 3 is 1.80 bits per heavy atom. The summed E-state index contributed by atoms with van der Waals surface area (Å²) >= 11 is 0. The summed E-state index contributed by atoms with van der Waals surface area (Å²) in [7, 11) is 0. The zero-order chi connectivity index (χ0) is 14.4. The fourth-order valence-corrected chi connectivity index (χ4v) is 2.44. The molecule has 0 amide bonds. The third kappa shape index (κ3) is 2.89. The van der Waals surface area contributed by atoms with Crippen LogP contribution in [0.5, 0.6) is 0 Å². The van der Waals surface area contributed by atoms with Crippen LogP contribution in [0.25, 0.3) is 0 Å². The average Bonchev–Trinajstić information content (AvgIpc) is 2.50. The second kappa shape index (κ2) is 6.35. The number of carbonyl (C=O) groups is 1. The highest BCUT2D eigenvalue weighted by atomic mass is 16.5. The standard InChI is InChI=1S/C17H18O3/c1-2-17(20-13-16(18)19,14-9-5-3-6-10-14)15-11-7-4-8-12-15/h3-12H,2,13H2,1H3,(H,18,19). The van der Waals surface area contributed by atoms with Crippen LogP contribution >= 0.6 is 0 Å². The Hall–Kier alpha value is -2.13. The minimum absolute atomic E-state index is 0.322. The molecule has 3 heteroatoms. The van der Waals surface area contributed by atoms with Gasteiger partial charge in [0.25, 0.3) is 0 Å². The van der Waals surface area contributed by atoms with Crippen LogP contribution in [0.2, 0.25) is 0 Å². The fraction of sp³-hybridized carbons (Fsp3) is 0.235. The molecule has 104 valence electrons. The Kier molecular flexibility index (Phi) is 4.53. The maximum atomic E-state index is 10.9. The summed E-state index contributed by atoms with van der Waals surface area (Å²) in [5.74, 6) is -0.963. The lowest BCUT2D eigenvalue weighted by Crippen LogP contribution is -2.32. The van der Waals surface area contributed by atoms with Crippen LogP contribution < -0.4 is 0 Å². The van der Waals surface area contributed by atoms with Crippen LogP contribution in [-0.2, 0) is 15.1 Å². The zero-order valence-corrected chi connectivity index (χ0v) is 11.5. The summed E-state index contributed by atoms with van der Waals surface area (Å²) in [4.78, 5) is 10.9. The zero-order valence-electron chi connectivity index (χ0n) is 11.5. The van der Waals surface area contributed by atoms with Crippen molar-refractivity contribution in [2.24, 2.45) is 0 Å². The summed E-state index contributed by atoms with van der Waals surface area (Å²) in [6, 6.07) is 19.5. The molecule has 0 fully saturated rings. The molecule has 0 unspecified atom stereocenters. The van der Waals surface area contributed by atoms with Crippen LogP contribution in [0, 0.1) is 0 Å². The number of hydrogen-bond donors (Lipinski definition) is 1. The van der Waals surface area contributed by atoms with Crippen molar-refractivity contribution in [1.29, 1.82) is 0 Å². The molecule has 0 heterocycles. The van der Waals surface area contributed by atoms with Gasteiger partial charge in [-0.25, -0.2) is 4.79 Å². The maximum Gasteiger partial charge on any atom is 0.329 e. The number of carboxylic acids is 1. The first kappa shape index (κ1) is 14.3. The fourth-order valence-electron chi connectivity index (χ4n) is 2.44. The minimum Gasteiger partial charge on any atom is -0.480 e. The van der Waals surface area contributed by atoms with Gasteiger partial charge in [-0.05, 0) is 17.5 Å². The number of ether oxygens (including phenoxy) is 1. The van der Waals surface area contributed by atoms with Crippen molar-refractivity contribution in [2.45, 2.75) is 18.9 Å². The third-order valence-electron chi connectivity index (χ3n) is 3.42. The summed E-state index contributed by atoms with van der Waals surface area (Å²) in [6.45, 7) is 1.68. The highest BCUT2D eigenvalue weighted by Gasteiger charge is 2.34. The van der Waals surface area contributed by atoms with E-state index >= 15 is 0 Å². The molecule has 1 N–H and O–H groups in total. The van der Waals surface area contributed by atoms with E-state index in [1.54, 1.807) is 0 Å². The van der Waals surface area contributed by atoms with Gasteiger partial charge in [-0.3, -0.25) is 0 Å². The number of aliphatic carboxylic acids is 1. The van der Waals surface area contributed by atoms with Crippen LogP contribution in [0.3, 0.4) is 0 Å². The van der Waals surface area contributed by atoms with Crippen molar-refractivity contribution in [3.05, 3.63) is 71.8 Å². The first-order valence-corrected chi connectivity index (χ1v) is 6.66. The molecular weight excluding hydrogens is 252 g/mol. The normalized spacial score (nSPS) is 11.2. The molecular formula is C17H18O3. The van der Waals surface area contributed by atoms with Gasteiger partial charge in [-0.15, -0.1) is 0 Å². The van der Waals surface area contributed by atoms with Crippen LogP contribution in [0.4, 0.5) is 0 Å². The lowest BCUT2D eigenvalue weighted by Gasteiger charge is -2.33. The quantitative estimate of drug-likeness (QED) is 0.874. The number of carboxylic acid groups (broad SMARTS) is 1. The molecule has 0 saturated heterocycles. The van der Waals surface area contributed by atoms with Gasteiger partial charge in [0.15, 0.2) is 0 Å². The van der Waals surface area contributed by atoms with Gasteiger partial charge in [0.2, 0.25) is 0 Å². The molecule has 0 spiro atoms. The van der Waals surface area contributed by atoms with Crippen molar-refractivity contribution in [3.63, 3.8) is 0 Å². The average molecular weight is 270 g/mol. The molecule has 2 aromatic carbocycles. The lowest BCUT2D eigenvalue weighted by atomic mass is 9.84. The highest BCUT2D eigenvalue weighted by molar-refractivity contribution is 5.68. The van der Waals surface area contributed by atoms with E-state index < -0.39 is 11.6 Å². The molecule has 0 atom stereocenters. The van der Waals surface area contributed by atoms with E-state index in [2.05, 4.69) is 0 Å². The molecule has 0 aromatic heterocycles. The van der Waals surface area contributed by atoms with Crippen molar-refractivity contribution in [1.82, 2.24) is 0 Å². The van der Waals surface area contributed by atoms with Gasteiger partial charge >= 0.3 is 5.97 Å². The van der Waals surface area contributed by atoms with Crippen molar-refractivity contribution < 1.29 is 14.6 Å². The molecule has 3 nitrogen and oxygen atoms in total. The molecule has 0 radical (unpaired) electrons. The summed E-state index contributed by atoms with van der Waals surface area (Å²) < 4.78 is 5.81. The van der Waals surface area contributed by atoms with Gasteiger partial charge < -0.3 is 9.84 Å². The Morgan fingerprint density at radius 1 is 1.00 bits per heavy atom. The first-order valence-electron chi connectivity index (χ1n) is 6.66. The minimum atomic E-state index is -0.963. The Morgan fingerprint density at radius 2 is 1.45 bits per heavy atom. The predicted octanol–water partition coefficient (Wildman–Crippen LogP) is 3.44. The topological polar surface area (TPSA) is 46.5 Å². The van der Waals surface area contributed by atoms with E-state index in [4.69, 9.17) is 9.84 Å². The van der Waals surface area contributed by atoms with Crippen molar-refractivity contribution >= 4 is 5.97 Å². The van der Waals surface area contributed by atoms with E-state index in [1.807, 2.05) is 67.6 Å². The second-order valence-electron chi connectivity index (χ2n) is 4.60. The Balaban J connectivity index is 2.49. The first-order chi connectivity index (χ1) is 9.69. The number of hydrogen-bond acceptors (Lipinski definition) is 2. The summed E-state index contributed by atoms with van der Waals surface area (Å²) in [5, 5.41) is 8.94. The molecule has 0 aliphatic heterocycles. The van der Waals surface area contributed by atoms with Crippen LogP contribution in [-0.4, -0.2) is 17.7 Å². The van der Waals surface area contributed by atoms with Gasteiger partial charge in [0.1, 0.15) is 12.2 Å². The predicted molar refractivity (Wildman–Crippen MR) is 77.5 cm³/mol. The van der Waals surface area contributed by atoms with E-state index in [9.17, 15) is 4.79 Å². The Bertz CT molecular complexity index is 509. The van der Waals surface area contributed by atoms with E-state index in [1.165, 1.54) is 0 Å². The van der Waals surface area contributed by atoms with E-state index in [-0.39, 0.29) is 6.61 Å². The molecule has 20 heavy (non-hydrogen) atoms. The van der Waals surface area contributed by atoms with E-state index in [0.29, 0.717) is 6.42 Å². The second-order valence-corrected chi connectivity index (χ2v) is 4.60. The van der Waals surface area contributed by atoms with Crippen LogP contribution in [0.15, 0.2) is 60.7 Å². The summed E-state index contributed by atoms with van der Waals surface area (Å²) in [6.07, 6.45) is 0.661. The van der Waals surface area contributed by atoms with Crippen molar-refractivity contribution in [3.8, 4) is 0 Å². The molecule has 0 saturated carbocycles. The third-order valence-corrected chi connectivity index (χ3v) is 3.42. The molecule has 2 aromatic rings. The largest absolute Gasteiger partial charge is 0.480 e. The lowest BCUT2D eigenvalue weighted by molar-refractivity contribution is -0.148. The van der Waals surface area contributed by atoms with Gasteiger partial charge in [-0.1, -0.05) is 67.6 Å². The molecule has 0 aliphatic rings. The van der Waals surface area contributed by atoms with Crippen molar-refractivity contribution in [2.75, 3.05) is 6.61 Å². The van der Waals surface area contributed by atoms with E-state index in [0.717, 1.165) is 11.1 Å². The smallest absolute Gasteiger partial charge is 0.329 e. The van der Waals surface area contributed by atoms with Crippen LogP contribution in [0.1, 0.15) is 24.5 Å². The Labute approximate surface area is 118 Å². The van der Waals surface area contributed by atoms with Gasteiger partial charge in [-0.2, -0.15) is 0 Å². The maximum absolute atomic E-state index is 10.9. The highest BCUT2D eigenvalue weighted by Crippen LogP contribution is 2.36. The molecule has 0 aliphatic carbocycles. The SMILES string of the molecule is CCC(OCC(=O)O)(c1ccccc1)c1ccccc1.